The van der Waals surface area contributed by atoms with Crippen LogP contribution in [-0.2, 0) is 11.3 Å². The Morgan fingerprint density at radius 1 is 1.35 bits per heavy atom. The number of aromatic nitrogens is 4. The van der Waals surface area contributed by atoms with E-state index >= 15 is 0 Å². The largest absolute Gasteiger partial charge is 0.448 e. The van der Waals surface area contributed by atoms with Gasteiger partial charge in [-0.15, -0.1) is 0 Å². The minimum atomic E-state index is -0.405. The summed E-state index contributed by atoms with van der Waals surface area (Å²) in [5, 5.41) is 3.32. The van der Waals surface area contributed by atoms with Gasteiger partial charge in [-0.3, -0.25) is 14.2 Å². The molecule has 0 spiro atoms. The maximum absolute atomic E-state index is 12.5. The van der Waals surface area contributed by atoms with Crippen LogP contribution < -0.4 is 10.9 Å². The molecule has 0 fully saturated rings. The zero-order valence-corrected chi connectivity index (χ0v) is 12.4. The first-order chi connectivity index (χ1) is 11.2. The molecule has 8 nitrogen and oxygen atoms in total. The van der Waals surface area contributed by atoms with Crippen LogP contribution in [0.15, 0.2) is 46.0 Å². The van der Waals surface area contributed by atoms with E-state index in [9.17, 15) is 9.59 Å². The number of rotatable bonds is 3. The number of fused-ring (bicyclic) bond motifs is 3. The van der Waals surface area contributed by atoms with Crippen molar-refractivity contribution in [3.63, 3.8) is 0 Å². The molecular formula is C14H9N5O3S. The van der Waals surface area contributed by atoms with Gasteiger partial charge in [-0.2, -0.15) is 8.75 Å². The normalized spacial score (nSPS) is 11.1. The van der Waals surface area contributed by atoms with Crippen LogP contribution in [0.1, 0.15) is 0 Å². The smallest absolute Gasteiger partial charge is 0.297 e. The summed E-state index contributed by atoms with van der Waals surface area (Å²) in [4.78, 5) is 28.7. The Balaban J connectivity index is 1.70. The first-order valence-electron chi connectivity index (χ1n) is 6.66. The third kappa shape index (κ3) is 2.36. The molecule has 0 saturated heterocycles. The standard InChI is InChI=1S/C14H9N5O3S/c20-11(17-10-5-16-23-18-10)6-19-7-15-12-8-3-1-2-4-9(8)22-13(12)14(19)21/h1-5,7H,6H2,(H,17,18,20). The Kier molecular flexibility index (Phi) is 3.12. The average Bonchev–Trinajstić information content (AvgIpc) is 3.17. The Morgan fingerprint density at radius 3 is 3.04 bits per heavy atom. The number of amides is 1. The molecule has 23 heavy (non-hydrogen) atoms. The van der Waals surface area contributed by atoms with Gasteiger partial charge in [0.2, 0.25) is 11.5 Å². The predicted molar refractivity (Wildman–Crippen MR) is 84.3 cm³/mol. The molecule has 0 aliphatic heterocycles. The summed E-state index contributed by atoms with van der Waals surface area (Å²) < 4.78 is 14.4. The molecular weight excluding hydrogens is 318 g/mol. The number of benzene rings is 1. The van der Waals surface area contributed by atoms with Crippen molar-refractivity contribution in [1.29, 1.82) is 0 Å². The van der Waals surface area contributed by atoms with Gasteiger partial charge in [-0.05, 0) is 12.1 Å². The molecule has 1 N–H and O–H groups in total. The molecule has 114 valence electrons. The second-order valence-corrected chi connectivity index (χ2v) is 5.35. The first-order valence-corrected chi connectivity index (χ1v) is 7.39. The SMILES string of the molecule is O=C(Cn1cnc2c(oc3ccccc32)c1=O)Nc1cnsn1. The quantitative estimate of drug-likeness (QED) is 0.613. The van der Waals surface area contributed by atoms with Crippen molar-refractivity contribution in [3.8, 4) is 0 Å². The van der Waals surface area contributed by atoms with Crippen LogP contribution in [0.3, 0.4) is 0 Å². The van der Waals surface area contributed by atoms with Crippen LogP contribution in [0, 0.1) is 0 Å². The molecule has 4 aromatic rings. The van der Waals surface area contributed by atoms with Crippen molar-refractivity contribution >= 4 is 45.5 Å². The van der Waals surface area contributed by atoms with Gasteiger partial charge in [-0.25, -0.2) is 4.98 Å². The molecule has 0 aliphatic carbocycles. The maximum Gasteiger partial charge on any atom is 0.297 e. The molecule has 1 amide bonds. The van der Waals surface area contributed by atoms with Crippen LogP contribution in [0.4, 0.5) is 5.82 Å². The number of nitrogens with zero attached hydrogens (tertiary/aromatic N) is 4. The van der Waals surface area contributed by atoms with Gasteiger partial charge < -0.3 is 9.73 Å². The third-order valence-electron chi connectivity index (χ3n) is 3.29. The number of anilines is 1. The fourth-order valence-electron chi connectivity index (χ4n) is 2.28. The molecule has 0 atom stereocenters. The lowest BCUT2D eigenvalue weighted by molar-refractivity contribution is -0.116. The van der Waals surface area contributed by atoms with Gasteiger partial charge in [0.25, 0.3) is 5.56 Å². The van der Waals surface area contributed by atoms with Gasteiger partial charge in [0.05, 0.1) is 24.3 Å². The number of carbonyl (C=O) groups is 1. The highest BCUT2D eigenvalue weighted by Gasteiger charge is 2.14. The third-order valence-corrected chi connectivity index (χ3v) is 3.77. The summed E-state index contributed by atoms with van der Waals surface area (Å²) >= 11 is 0.985. The summed E-state index contributed by atoms with van der Waals surface area (Å²) in [5.41, 5.74) is 0.809. The lowest BCUT2D eigenvalue weighted by atomic mass is 10.2. The number of hydrogen-bond acceptors (Lipinski definition) is 7. The number of hydrogen-bond donors (Lipinski definition) is 1. The molecule has 0 radical (unpaired) electrons. The molecule has 9 heteroatoms. The zero-order chi connectivity index (χ0) is 15.8. The summed E-state index contributed by atoms with van der Waals surface area (Å²) in [6.45, 7) is -0.184. The maximum atomic E-state index is 12.5. The fraction of sp³-hybridized carbons (Fsp3) is 0.0714. The molecule has 1 aromatic carbocycles. The van der Waals surface area contributed by atoms with Gasteiger partial charge >= 0.3 is 0 Å². The topological polar surface area (TPSA) is 103 Å². The van der Waals surface area contributed by atoms with Crippen LogP contribution >= 0.6 is 11.7 Å². The fourth-order valence-corrected chi connectivity index (χ4v) is 2.66. The van der Waals surface area contributed by atoms with Crippen molar-refractivity contribution in [1.82, 2.24) is 18.3 Å². The Bertz CT molecular complexity index is 1070. The average molecular weight is 327 g/mol. The van der Waals surface area contributed by atoms with Gasteiger partial charge in [0, 0.05) is 5.39 Å². The summed E-state index contributed by atoms with van der Waals surface area (Å²) in [5.74, 6) is -0.0390. The van der Waals surface area contributed by atoms with Crippen molar-refractivity contribution in [2.75, 3.05) is 5.32 Å². The minimum absolute atomic E-state index is 0.136. The highest BCUT2D eigenvalue weighted by molar-refractivity contribution is 6.99. The molecule has 4 rings (SSSR count). The molecule has 0 bridgehead atoms. The highest BCUT2D eigenvalue weighted by atomic mass is 32.1. The molecule has 0 unspecified atom stereocenters. The van der Waals surface area contributed by atoms with E-state index in [1.54, 1.807) is 6.07 Å². The highest BCUT2D eigenvalue weighted by Crippen LogP contribution is 2.23. The number of furan rings is 1. The van der Waals surface area contributed by atoms with E-state index < -0.39 is 11.5 Å². The van der Waals surface area contributed by atoms with Crippen molar-refractivity contribution in [3.05, 3.63) is 47.1 Å². The van der Waals surface area contributed by atoms with E-state index in [1.165, 1.54) is 17.1 Å². The van der Waals surface area contributed by atoms with E-state index in [0.29, 0.717) is 16.9 Å². The van der Waals surface area contributed by atoms with Crippen molar-refractivity contribution in [2.45, 2.75) is 6.54 Å². The molecule has 0 aliphatic rings. The van der Waals surface area contributed by atoms with Gasteiger partial charge in [0.1, 0.15) is 17.6 Å². The minimum Gasteiger partial charge on any atom is -0.448 e. The number of para-hydroxylation sites is 1. The van der Waals surface area contributed by atoms with E-state index in [2.05, 4.69) is 19.0 Å². The summed E-state index contributed by atoms with van der Waals surface area (Å²) in [6, 6.07) is 7.26. The van der Waals surface area contributed by atoms with Crippen LogP contribution in [0.25, 0.3) is 22.1 Å². The van der Waals surface area contributed by atoms with E-state index in [-0.39, 0.29) is 12.1 Å². The van der Waals surface area contributed by atoms with Gasteiger partial charge in [-0.1, -0.05) is 12.1 Å². The van der Waals surface area contributed by atoms with Gasteiger partial charge in [0.15, 0.2) is 5.82 Å². The Hall–Kier alpha value is -3.07. The molecule has 0 saturated carbocycles. The lowest BCUT2D eigenvalue weighted by Crippen LogP contribution is -2.27. The first kappa shape index (κ1) is 13.6. The summed E-state index contributed by atoms with van der Waals surface area (Å²) in [6.07, 6.45) is 2.78. The Morgan fingerprint density at radius 2 is 2.22 bits per heavy atom. The zero-order valence-electron chi connectivity index (χ0n) is 11.6. The van der Waals surface area contributed by atoms with E-state index in [1.807, 2.05) is 18.2 Å². The van der Waals surface area contributed by atoms with E-state index in [4.69, 9.17) is 4.42 Å². The number of nitrogens with one attached hydrogen (secondary N) is 1. The predicted octanol–water partition coefficient (Wildman–Crippen LogP) is 1.63. The monoisotopic (exact) mass is 327 g/mol. The Labute approximate surface area is 132 Å². The lowest BCUT2D eigenvalue weighted by Gasteiger charge is -2.04. The molecule has 3 aromatic heterocycles. The second kappa shape index (κ2) is 5.29. The summed E-state index contributed by atoms with van der Waals surface area (Å²) in [7, 11) is 0. The van der Waals surface area contributed by atoms with Crippen LogP contribution in [0.2, 0.25) is 0 Å². The van der Waals surface area contributed by atoms with E-state index in [0.717, 1.165) is 17.1 Å². The van der Waals surface area contributed by atoms with Crippen LogP contribution in [-0.4, -0.2) is 24.2 Å². The molecule has 3 heterocycles. The van der Waals surface area contributed by atoms with Crippen molar-refractivity contribution in [2.24, 2.45) is 0 Å². The second-order valence-electron chi connectivity index (χ2n) is 4.79. The van der Waals surface area contributed by atoms with Crippen molar-refractivity contribution < 1.29 is 9.21 Å². The number of carbonyl (C=O) groups excluding carboxylic acids is 1. The van der Waals surface area contributed by atoms with Crippen LogP contribution in [0.5, 0.6) is 0 Å².